The van der Waals surface area contributed by atoms with Gasteiger partial charge in [-0.1, -0.05) is 29.3 Å². The van der Waals surface area contributed by atoms with E-state index in [-0.39, 0.29) is 5.91 Å². The van der Waals surface area contributed by atoms with Crippen molar-refractivity contribution < 1.29 is 9.53 Å². The highest BCUT2D eigenvalue weighted by Gasteiger charge is 2.39. The lowest BCUT2D eigenvalue weighted by Crippen LogP contribution is -2.54. The number of rotatable bonds is 5. The van der Waals surface area contributed by atoms with Crippen molar-refractivity contribution >= 4 is 29.1 Å². The summed E-state index contributed by atoms with van der Waals surface area (Å²) in [5.41, 5.74) is 0.271. The molecule has 1 amide bonds. The molecule has 1 fully saturated rings. The monoisotopic (exact) mass is 330 g/mol. The quantitative estimate of drug-likeness (QED) is 0.871. The fourth-order valence-electron chi connectivity index (χ4n) is 2.55. The first-order valence-electron chi connectivity index (χ1n) is 7.05. The van der Waals surface area contributed by atoms with Crippen LogP contribution in [0.5, 0.6) is 0 Å². The summed E-state index contributed by atoms with van der Waals surface area (Å²) >= 11 is 12.0. The van der Waals surface area contributed by atoms with E-state index in [1.54, 1.807) is 19.2 Å². The maximum absolute atomic E-state index is 12.4. The topological polar surface area (TPSA) is 50.4 Å². The van der Waals surface area contributed by atoms with Crippen LogP contribution >= 0.6 is 23.2 Å². The second-order valence-corrected chi connectivity index (χ2v) is 6.03. The molecule has 0 spiro atoms. The fourth-order valence-corrected chi connectivity index (χ4v) is 3.05. The molecule has 1 aliphatic rings. The first-order chi connectivity index (χ1) is 10.1. The van der Waals surface area contributed by atoms with Gasteiger partial charge < -0.3 is 15.4 Å². The Morgan fingerprint density at radius 1 is 1.38 bits per heavy atom. The molecule has 1 aromatic carbocycles. The van der Waals surface area contributed by atoms with Crippen molar-refractivity contribution in [2.24, 2.45) is 0 Å². The minimum absolute atomic E-state index is 0.0448. The molecule has 1 aromatic rings. The first-order valence-corrected chi connectivity index (χ1v) is 7.81. The normalized spacial score (nSPS) is 17.5. The van der Waals surface area contributed by atoms with Crippen LogP contribution in [0.1, 0.15) is 18.4 Å². The summed E-state index contributed by atoms with van der Waals surface area (Å²) in [6.45, 7) is 2.12. The van der Waals surface area contributed by atoms with Gasteiger partial charge in [0.1, 0.15) is 5.60 Å². The van der Waals surface area contributed by atoms with Crippen LogP contribution in [0.3, 0.4) is 0 Å². The molecular weight excluding hydrogens is 311 g/mol. The van der Waals surface area contributed by atoms with Crippen molar-refractivity contribution in [1.29, 1.82) is 0 Å². The highest BCUT2D eigenvalue weighted by molar-refractivity contribution is 6.35. The number of hydrogen-bond acceptors (Lipinski definition) is 3. The Kier molecular flexibility index (Phi) is 5.88. The molecule has 1 heterocycles. The Morgan fingerprint density at radius 3 is 2.71 bits per heavy atom. The van der Waals surface area contributed by atoms with Gasteiger partial charge in [0.05, 0.1) is 0 Å². The molecule has 1 aliphatic heterocycles. The SMILES string of the molecule is COC1(C(=O)NCCc2ccc(Cl)cc2Cl)CCNCC1. The Labute approximate surface area is 135 Å². The van der Waals surface area contributed by atoms with E-state index < -0.39 is 5.60 Å². The van der Waals surface area contributed by atoms with Crippen LogP contribution in [0.25, 0.3) is 0 Å². The second-order valence-electron chi connectivity index (χ2n) is 5.19. The summed E-state index contributed by atoms with van der Waals surface area (Å²) in [5.74, 6) is -0.0448. The lowest BCUT2D eigenvalue weighted by atomic mass is 9.91. The molecular formula is C15H20Cl2N2O2. The Balaban J connectivity index is 1.88. The highest BCUT2D eigenvalue weighted by atomic mass is 35.5. The predicted molar refractivity (Wildman–Crippen MR) is 85.0 cm³/mol. The van der Waals surface area contributed by atoms with Gasteiger partial charge in [0.25, 0.3) is 5.91 Å². The Hall–Kier alpha value is -0.810. The van der Waals surface area contributed by atoms with Crippen LogP contribution in [0.4, 0.5) is 0 Å². The van der Waals surface area contributed by atoms with E-state index in [0.29, 0.717) is 35.9 Å². The number of amides is 1. The molecule has 0 saturated carbocycles. The standard InChI is InChI=1S/C15H20Cl2N2O2/c1-21-15(5-8-18-9-6-15)14(20)19-7-4-11-2-3-12(16)10-13(11)17/h2-3,10,18H,4-9H2,1H3,(H,19,20). The van der Waals surface area contributed by atoms with Gasteiger partial charge >= 0.3 is 0 Å². The van der Waals surface area contributed by atoms with Gasteiger partial charge in [0.15, 0.2) is 0 Å². The lowest BCUT2D eigenvalue weighted by Gasteiger charge is -2.34. The summed E-state index contributed by atoms with van der Waals surface area (Å²) < 4.78 is 5.49. The minimum Gasteiger partial charge on any atom is -0.368 e. The molecule has 6 heteroatoms. The van der Waals surface area contributed by atoms with Gasteiger partial charge in [0, 0.05) is 23.7 Å². The molecule has 0 atom stereocenters. The number of ether oxygens (including phenoxy) is 1. The second kappa shape index (κ2) is 7.45. The van der Waals surface area contributed by atoms with Crippen molar-refractivity contribution in [3.8, 4) is 0 Å². The Morgan fingerprint density at radius 2 is 2.10 bits per heavy atom. The van der Waals surface area contributed by atoms with Crippen LogP contribution in [0, 0.1) is 0 Å². The number of methoxy groups -OCH3 is 1. The molecule has 0 bridgehead atoms. The third kappa shape index (κ3) is 4.10. The molecule has 0 aromatic heterocycles. The van der Waals surface area contributed by atoms with E-state index in [2.05, 4.69) is 10.6 Å². The average molecular weight is 331 g/mol. The van der Waals surface area contributed by atoms with Crippen molar-refractivity contribution in [2.75, 3.05) is 26.7 Å². The number of carbonyl (C=O) groups excluding carboxylic acids is 1. The molecule has 0 aliphatic carbocycles. The minimum atomic E-state index is -0.699. The molecule has 0 unspecified atom stereocenters. The zero-order chi connectivity index (χ0) is 15.3. The van der Waals surface area contributed by atoms with Crippen molar-refractivity contribution in [3.05, 3.63) is 33.8 Å². The van der Waals surface area contributed by atoms with Gasteiger partial charge in [-0.2, -0.15) is 0 Å². The zero-order valence-corrected chi connectivity index (χ0v) is 13.6. The van der Waals surface area contributed by atoms with Crippen molar-refractivity contribution in [3.63, 3.8) is 0 Å². The van der Waals surface area contributed by atoms with E-state index in [9.17, 15) is 4.79 Å². The highest BCUT2D eigenvalue weighted by Crippen LogP contribution is 2.23. The molecule has 116 valence electrons. The van der Waals surface area contributed by atoms with Gasteiger partial charge in [-0.15, -0.1) is 0 Å². The lowest BCUT2D eigenvalue weighted by molar-refractivity contribution is -0.146. The van der Waals surface area contributed by atoms with Crippen LogP contribution in [-0.4, -0.2) is 38.3 Å². The molecule has 0 radical (unpaired) electrons. The molecule has 2 N–H and O–H groups in total. The molecule has 4 nitrogen and oxygen atoms in total. The summed E-state index contributed by atoms with van der Waals surface area (Å²) in [5, 5.41) is 7.42. The first kappa shape index (κ1) is 16.6. The largest absolute Gasteiger partial charge is 0.368 e. The third-order valence-corrected chi connectivity index (χ3v) is 4.50. The number of nitrogens with one attached hydrogen (secondary N) is 2. The van der Waals surface area contributed by atoms with E-state index in [0.717, 1.165) is 18.7 Å². The van der Waals surface area contributed by atoms with Gasteiger partial charge in [-0.05, 0) is 50.0 Å². The van der Waals surface area contributed by atoms with Gasteiger partial charge in [-0.3, -0.25) is 4.79 Å². The molecule has 21 heavy (non-hydrogen) atoms. The number of carbonyl (C=O) groups is 1. The van der Waals surface area contributed by atoms with Crippen LogP contribution in [-0.2, 0) is 16.0 Å². The maximum atomic E-state index is 12.4. The van der Waals surface area contributed by atoms with Gasteiger partial charge in [-0.25, -0.2) is 0 Å². The van der Waals surface area contributed by atoms with Crippen molar-refractivity contribution in [1.82, 2.24) is 10.6 Å². The van der Waals surface area contributed by atoms with Crippen LogP contribution in [0.15, 0.2) is 18.2 Å². The summed E-state index contributed by atoms with van der Waals surface area (Å²) in [6.07, 6.45) is 2.05. The van der Waals surface area contributed by atoms with Crippen molar-refractivity contribution in [2.45, 2.75) is 24.9 Å². The molecule has 1 saturated heterocycles. The number of piperidine rings is 1. The number of benzene rings is 1. The smallest absolute Gasteiger partial charge is 0.252 e. The average Bonchev–Trinajstić information content (AvgIpc) is 2.50. The van der Waals surface area contributed by atoms with Gasteiger partial charge in [0.2, 0.25) is 0 Å². The Bertz CT molecular complexity index is 502. The third-order valence-electron chi connectivity index (χ3n) is 3.91. The number of halogens is 2. The summed E-state index contributed by atoms with van der Waals surface area (Å²) in [7, 11) is 1.60. The summed E-state index contributed by atoms with van der Waals surface area (Å²) in [4.78, 5) is 12.4. The van der Waals surface area contributed by atoms with Crippen LogP contribution in [0.2, 0.25) is 10.0 Å². The number of hydrogen-bond donors (Lipinski definition) is 2. The van der Waals surface area contributed by atoms with E-state index in [4.69, 9.17) is 27.9 Å². The van der Waals surface area contributed by atoms with E-state index in [1.165, 1.54) is 0 Å². The molecule has 2 rings (SSSR count). The maximum Gasteiger partial charge on any atom is 0.252 e. The fraction of sp³-hybridized carbons (Fsp3) is 0.533. The van der Waals surface area contributed by atoms with E-state index >= 15 is 0 Å². The predicted octanol–water partition coefficient (Wildman–Crippen LogP) is 2.42. The van der Waals surface area contributed by atoms with Crippen LogP contribution < -0.4 is 10.6 Å². The summed E-state index contributed by atoms with van der Waals surface area (Å²) in [6, 6.07) is 5.39. The van der Waals surface area contributed by atoms with E-state index in [1.807, 2.05) is 6.07 Å². The zero-order valence-electron chi connectivity index (χ0n) is 12.0.